The molecule has 2 N–H and O–H groups in total. The van der Waals surface area contributed by atoms with Crippen LogP contribution in [0, 0.1) is 0 Å². The van der Waals surface area contributed by atoms with Crippen LogP contribution in [0.3, 0.4) is 0 Å². The zero-order valence-corrected chi connectivity index (χ0v) is 15.5. The number of nitrogens with zero attached hydrogens (tertiary/aromatic N) is 1. The summed E-state index contributed by atoms with van der Waals surface area (Å²) in [6, 6.07) is 11.9. The summed E-state index contributed by atoms with van der Waals surface area (Å²) in [7, 11) is -3.74. The molecule has 2 aliphatic heterocycles. The molecule has 4 rings (SSSR count). The van der Waals surface area contributed by atoms with Gasteiger partial charge in [-0.25, -0.2) is 8.42 Å². The van der Waals surface area contributed by atoms with Crippen molar-refractivity contribution in [2.45, 2.75) is 30.3 Å². The van der Waals surface area contributed by atoms with Crippen LogP contribution >= 0.6 is 0 Å². The number of rotatable bonds is 4. The van der Waals surface area contributed by atoms with E-state index in [1.807, 2.05) is 0 Å². The molecule has 1 fully saturated rings. The topological polar surface area (TPSA) is 113 Å². The number of carbonyl (C=O) groups is 3. The number of imide groups is 1. The standard InChI is InChI=1S/C19H17N3O5S/c23-17-9-8-16(18(24)20-17)22-11-12-10-13(6-7-15(12)19(22)25)21-28(26,27)14-4-2-1-3-5-14/h1-7,10,16,21H,8-9,11H2,(H,20,23,24). The maximum atomic E-state index is 12.7. The van der Waals surface area contributed by atoms with Crippen LogP contribution in [0.5, 0.6) is 0 Å². The Labute approximate surface area is 161 Å². The molecular formula is C19H17N3O5S. The van der Waals surface area contributed by atoms with Crippen molar-refractivity contribution in [1.29, 1.82) is 0 Å². The summed E-state index contributed by atoms with van der Waals surface area (Å²) >= 11 is 0. The van der Waals surface area contributed by atoms with Gasteiger partial charge in [0.2, 0.25) is 11.8 Å². The molecule has 1 saturated heterocycles. The molecule has 0 aromatic heterocycles. The van der Waals surface area contributed by atoms with Gasteiger partial charge in [0.15, 0.2) is 0 Å². The lowest BCUT2D eigenvalue weighted by molar-refractivity contribution is -0.136. The predicted octanol–water partition coefficient (Wildman–Crippen LogP) is 1.25. The van der Waals surface area contributed by atoms with Gasteiger partial charge < -0.3 is 4.90 Å². The number of piperidine rings is 1. The smallest absolute Gasteiger partial charge is 0.261 e. The number of carbonyl (C=O) groups excluding carboxylic acids is 3. The predicted molar refractivity (Wildman–Crippen MR) is 99.7 cm³/mol. The molecule has 0 spiro atoms. The summed E-state index contributed by atoms with van der Waals surface area (Å²) in [4.78, 5) is 37.6. The van der Waals surface area contributed by atoms with Crippen molar-refractivity contribution >= 4 is 33.4 Å². The van der Waals surface area contributed by atoms with Crippen LogP contribution in [0.15, 0.2) is 53.4 Å². The Kier molecular flexibility index (Phi) is 4.38. The van der Waals surface area contributed by atoms with E-state index in [-0.39, 0.29) is 36.1 Å². The fourth-order valence-corrected chi connectivity index (χ4v) is 4.52. The fourth-order valence-electron chi connectivity index (χ4n) is 3.45. The molecule has 144 valence electrons. The van der Waals surface area contributed by atoms with Gasteiger partial charge in [-0.15, -0.1) is 0 Å². The van der Waals surface area contributed by atoms with Crippen LogP contribution < -0.4 is 10.0 Å². The van der Waals surface area contributed by atoms with Crippen molar-refractivity contribution < 1.29 is 22.8 Å². The van der Waals surface area contributed by atoms with Crippen molar-refractivity contribution in [2.75, 3.05) is 4.72 Å². The van der Waals surface area contributed by atoms with Crippen molar-refractivity contribution in [3.8, 4) is 0 Å². The average molecular weight is 399 g/mol. The van der Waals surface area contributed by atoms with Gasteiger partial charge in [-0.3, -0.25) is 24.4 Å². The molecule has 2 aliphatic rings. The average Bonchev–Trinajstić information content (AvgIpc) is 2.98. The SMILES string of the molecule is O=C1CCC(N2Cc3cc(NS(=O)(=O)c4ccccc4)ccc3C2=O)C(=O)N1. The minimum Gasteiger partial charge on any atom is -0.322 e. The minimum absolute atomic E-state index is 0.136. The number of anilines is 1. The van der Waals surface area contributed by atoms with E-state index in [9.17, 15) is 22.8 Å². The highest BCUT2D eigenvalue weighted by Gasteiger charge is 2.39. The molecule has 8 nitrogen and oxygen atoms in total. The van der Waals surface area contributed by atoms with E-state index in [0.29, 0.717) is 16.8 Å². The normalized spacial score (nSPS) is 19.4. The second-order valence-corrected chi connectivity index (χ2v) is 8.37. The van der Waals surface area contributed by atoms with Crippen LogP contribution in [0.4, 0.5) is 5.69 Å². The highest BCUT2D eigenvalue weighted by atomic mass is 32.2. The van der Waals surface area contributed by atoms with Crippen molar-refractivity contribution in [3.63, 3.8) is 0 Å². The van der Waals surface area contributed by atoms with Gasteiger partial charge in [0.05, 0.1) is 4.90 Å². The van der Waals surface area contributed by atoms with E-state index < -0.39 is 22.0 Å². The molecule has 28 heavy (non-hydrogen) atoms. The van der Waals surface area contributed by atoms with E-state index in [2.05, 4.69) is 10.0 Å². The Hall–Kier alpha value is -3.20. The number of amides is 3. The quantitative estimate of drug-likeness (QED) is 0.752. The van der Waals surface area contributed by atoms with Crippen LogP contribution in [-0.2, 0) is 26.2 Å². The van der Waals surface area contributed by atoms with Crippen LogP contribution in [0.1, 0.15) is 28.8 Å². The van der Waals surface area contributed by atoms with E-state index in [0.717, 1.165) is 0 Å². The second kappa shape index (κ2) is 6.75. The Bertz CT molecular complexity index is 1080. The Morgan fingerprint density at radius 1 is 1.04 bits per heavy atom. The van der Waals surface area contributed by atoms with Crippen LogP contribution in [-0.4, -0.2) is 37.1 Å². The molecule has 0 aliphatic carbocycles. The van der Waals surface area contributed by atoms with E-state index >= 15 is 0 Å². The highest BCUT2D eigenvalue weighted by Crippen LogP contribution is 2.30. The third kappa shape index (κ3) is 3.24. The van der Waals surface area contributed by atoms with Crippen molar-refractivity contribution in [3.05, 3.63) is 59.7 Å². The maximum Gasteiger partial charge on any atom is 0.261 e. The summed E-state index contributed by atoms with van der Waals surface area (Å²) in [6.07, 6.45) is 0.455. The Balaban J connectivity index is 1.56. The Morgan fingerprint density at radius 3 is 2.50 bits per heavy atom. The minimum atomic E-state index is -3.74. The zero-order chi connectivity index (χ0) is 19.9. The van der Waals surface area contributed by atoms with Gasteiger partial charge in [0, 0.05) is 24.2 Å². The fraction of sp³-hybridized carbons (Fsp3) is 0.211. The number of sulfonamides is 1. The number of hydrogen-bond donors (Lipinski definition) is 2. The van der Waals surface area contributed by atoms with E-state index in [1.165, 1.54) is 23.1 Å². The molecule has 0 radical (unpaired) electrons. The second-order valence-electron chi connectivity index (χ2n) is 6.69. The third-order valence-electron chi connectivity index (χ3n) is 4.83. The summed E-state index contributed by atoms with van der Waals surface area (Å²) in [5, 5.41) is 2.25. The number of fused-ring (bicyclic) bond motifs is 1. The lowest BCUT2D eigenvalue weighted by atomic mass is 10.0. The molecule has 2 heterocycles. The molecule has 1 unspecified atom stereocenters. The maximum absolute atomic E-state index is 12.7. The van der Waals surface area contributed by atoms with E-state index in [1.54, 1.807) is 30.3 Å². The number of hydrogen-bond acceptors (Lipinski definition) is 5. The highest BCUT2D eigenvalue weighted by molar-refractivity contribution is 7.92. The van der Waals surface area contributed by atoms with Gasteiger partial charge in [-0.1, -0.05) is 18.2 Å². The van der Waals surface area contributed by atoms with Crippen molar-refractivity contribution in [1.82, 2.24) is 10.2 Å². The largest absolute Gasteiger partial charge is 0.322 e. The summed E-state index contributed by atoms with van der Waals surface area (Å²) in [5.74, 6) is -1.13. The number of benzene rings is 2. The molecular weight excluding hydrogens is 382 g/mol. The molecule has 0 bridgehead atoms. The third-order valence-corrected chi connectivity index (χ3v) is 6.23. The lowest BCUT2D eigenvalue weighted by Gasteiger charge is -2.29. The molecule has 3 amide bonds. The molecule has 2 aromatic rings. The van der Waals surface area contributed by atoms with Gasteiger partial charge in [-0.05, 0) is 42.3 Å². The molecule has 1 atom stereocenters. The van der Waals surface area contributed by atoms with Crippen LogP contribution in [0.25, 0.3) is 0 Å². The summed E-state index contributed by atoms with van der Waals surface area (Å²) in [5.41, 5.74) is 1.39. The zero-order valence-electron chi connectivity index (χ0n) is 14.7. The summed E-state index contributed by atoms with van der Waals surface area (Å²) in [6.45, 7) is 0.182. The van der Waals surface area contributed by atoms with Gasteiger partial charge in [0.1, 0.15) is 6.04 Å². The first-order valence-electron chi connectivity index (χ1n) is 8.70. The van der Waals surface area contributed by atoms with Crippen molar-refractivity contribution in [2.24, 2.45) is 0 Å². The van der Waals surface area contributed by atoms with Gasteiger partial charge in [-0.2, -0.15) is 0 Å². The molecule has 9 heteroatoms. The van der Waals surface area contributed by atoms with Gasteiger partial charge >= 0.3 is 0 Å². The molecule has 2 aromatic carbocycles. The number of nitrogens with one attached hydrogen (secondary N) is 2. The lowest BCUT2D eigenvalue weighted by Crippen LogP contribution is -2.52. The first-order valence-corrected chi connectivity index (χ1v) is 10.2. The first-order chi connectivity index (χ1) is 13.3. The molecule has 0 saturated carbocycles. The summed E-state index contributed by atoms with van der Waals surface area (Å²) < 4.78 is 27.5. The van der Waals surface area contributed by atoms with Crippen LogP contribution in [0.2, 0.25) is 0 Å². The van der Waals surface area contributed by atoms with Gasteiger partial charge in [0.25, 0.3) is 15.9 Å². The van der Waals surface area contributed by atoms with E-state index in [4.69, 9.17) is 0 Å². The first kappa shape index (κ1) is 18.2. The Morgan fingerprint density at radius 2 is 1.79 bits per heavy atom. The monoisotopic (exact) mass is 399 g/mol.